The molecule has 0 bridgehead atoms. The Hall–Kier alpha value is -2.71. The molecular formula is C16H15ClN6OS. The molecule has 0 fully saturated rings. The number of hydrogen-bond donors (Lipinski definition) is 3. The number of aromatic nitrogens is 3. The van der Waals surface area contributed by atoms with E-state index in [1.807, 2.05) is 24.3 Å². The Labute approximate surface area is 153 Å². The quantitative estimate of drug-likeness (QED) is 0.550. The van der Waals surface area contributed by atoms with E-state index in [0.717, 1.165) is 5.69 Å². The van der Waals surface area contributed by atoms with E-state index in [9.17, 15) is 4.79 Å². The van der Waals surface area contributed by atoms with Crippen LogP contribution in [0.4, 0.5) is 17.3 Å². The summed E-state index contributed by atoms with van der Waals surface area (Å²) < 4.78 is 0.596. The minimum Gasteiger partial charge on any atom is -0.367 e. The van der Waals surface area contributed by atoms with Crippen LogP contribution in [0.2, 0.25) is 4.34 Å². The molecule has 0 saturated heterocycles. The first-order chi connectivity index (χ1) is 12.2. The van der Waals surface area contributed by atoms with Crippen LogP contribution in [0.25, 0.3) is 0 Å². The van der Waals surface area contributed by atoms with Gasteiger partial charge in [0.2, 0.25) is 0 Å². The average Bonchev–Trinajstić information content (AvgIpc) is 3.07. The van der Waals surface area contributed by atoms with Crippen molar-refractivity contribution in [2.75, 3.05) is 23.7 Å². The molecule has 0 saturated carbocycles. The van der Waals surface area contributed by atoms with Gasteiger partial charge in [-0.2, -0.15) is 0 Å². The van der Waals surface area contributed by atoms with Crippen molar-refractivity contribution < 1.29 is 4.79 Å². The third-order valence-corrected chi connectivity index (χ3v) is 4.36. The summed E-state index contributed by atoms with van der Waals surface area (Å²) in [6.07, 6.45) is 3.40. The molecule has 25 heavy (non-hydrogen) atoms. The van der Waals surface area contributed by atoms with Crippen molar-refractivity contribution in [2.45, 2.75) is 0 Å². The number of thiophene rings is 1. The SMILES string of the molecule is O=C(NCCNc1ccc(Nc2ccncc2)nn1)c1ccc(Cl)s1. The highest BCUT2D eigenvalue weighted by Gasteiger charge is 2.07. The molecule has 128 valence electrons. The van der Waals surface area contributed by atoms with Crippen LogP contribution in [0.5, 0.6) is 0 Å². The van der Waals surface area contributed by atoms with E-state index < -0.39 is 0 Å². The molecule has 7 nitrogen and oxygen atoms in total. The van der Waals surface area contributed by atoms with Crippen molar-refractivity contribution in [1.29, 1.82) is 0 Å². The number of rotatable bonds is 7. The van der Waals surface area contributed by atoms with Crippen LogP contribution in [0, 0.1) is 0 Å². The Kier molecular flexibility index (Phi) is 5.76. The first kappa shape index (κ1) is 17.1. The molecule has 0 aromatic carbocycles. The van der Waals surface area contributed by atoms with Gasteiger partial charge in [0.1, 0.15) is 5.82 Å². The second-order valence-corrected chi connectivity index (χ2v) is 6.67. The van der Waals surface area contributed by atoms with Crippen LogP contribution >= 0.6 is 22.9 Å². The molecule has 0 atom stereocenters. The summed E-state index contributed by atoms with van der Waals surface area (Å²) in [5.41, 5.74) is 0.890. The van der Waals surface area contributed by atoms with Gasteiger partial charge >= 0.3 is 0 Å². The number of hydrogen-bond acceptors (Lipinski definition) is 7. The van der Waals surface area contributed by atoms with Crippen molar-refractivity contribution in [1.82, 2.24) is 20.5 Å². The molecule has 9 heteroatoms. The Balaban J connectivity index is 1.42. The summed E-state index contributed by atoms with van der Waals surface area (Å²) in [6, 6.07) is 10.7. The molecule has 0 aliphatic carbocycles. The highest BCUT2D eigenvalue weighted by molar-refractivity contribution is 7.17. The largest absolute Gasteiger partial charge is 0.367 e. The van der Waals surface area contributed by atoms with Gasteiger partial charge in [0.15, 0.2) is 5.82 Å². The highest BCUT2D eigenvalue weighted by atomic mass is 35.5. The summed E-state index contributed by atoms with van der Waals surface area (Å²) in [7, 11) is 0. The maximum Gasteiger partial charge on any atom is 0.261 e. The van der Waals surface area contributed by atoms with Crippen LogP contribution in [0.15, 0.2) is 48.8 Å². The molecule has 0 aliphatic rings. The summed E-state index contributed by atoms with van der Waals surface area (Å²) in [5.74, 6) is 1.13. The average molecular weight is 375 g/mol. The summed E-state index contributed by atoms with van der Waals surface area (Å²) in [4.78, 5) is 16.4. The van der Waals surface area contributed by atoms with Crippen molar-refractivity contribution in [3.63, 3.8) is 0 Å². The first-order valence-corrected chi connectivity index (χ1v) is 8.68. The summed E-state index contributed by atoms with van der Waals surface area (Å²) in [5, 5.41) is 17.2. The van der Waals surface area contributed by atoms with E-state index in [-0.39, 0.29) is 5.91 Å². The van der Waals surface area contributed by atoms with Gasteiger partial charge in [0.05, 0.1) is 9.21 Å². The smallest absolute Gasteiger partial charge is 0.261 e. The number of amides is 1. The highest BCUT2D eigenvalue weighted by Crippen LogP contribution is 2.21. The van der Waals surface area contributed by atoms with Gasteiger partial charge in [-0.25, -0.2) is 0 Å². The second-order valence-electron chi connectivity index (χ2n) is 4.95. The van der Waals surface area contributed by atoms with Crippen molar-refractivity contribution in [2.24, 2.45) is 0 Å². The van der Waals surface area contributed by atoms with E-state index >= 15 is 0 Å². The molecule has 1 amide bonds. The zero-order chi connectivity index (χ0) is 17.5. The van der Waals surface area contributed by atoms with E-state index in [2.05, 4.69) is 31.1 Å². The van der Waals surface area contributed by atoms with Gasteiger partial charge in [-0.05, 0) is 36.4 Å². The monoisotopic (exact) mass is 374 g/mol. The third kappa shape index (κ3) is 5.13. The number of nitrogens with zero attached hydrogens (tertiary/aromatic N) is 3. The number of anilines is 3. The molecule has 3 N–H and O–H groups in total. The van der Waals surface area contributed by atoms with Crippen LogP contribution < -0.4 is 16.0 Å². The lowest BCUT2D eigenvalue weighted by molar-refractivity contribution is 0.0959. The fraction of sp³-hybridized carbons (Fsp3) is 0.125. The normalized spacial score (nSPS) is 10.3. The molecule has 0 aliphatic heterocycles. The molecule has 0 spiro atoms. The fourth-order valence-corrected chi connectivity index (χ4v) is 2.93. The van der Waals surface area contributed by atoms with Gasteiger partial charge in [-0.1, -0.05) is 11.6 Å². The van der Waals surface area contributed by atoms with Gasteiger partial charge in [0.25, 0.3) is 5.91 Å². The maximum atomic E-state index is 11.9. The Morgan fingerprint density at radius 3 is 2.44 bits per heavy atom. The lowest BCUT2D eigenvalue weighted by atomic mass is 10.4. The Bertz CT molecular complexity index is 824. The zero-order valence-corrected chi connectivity index (χ0v) is 14.6. The van der Waals surface area contributed by atoms with Crippen LogP contribution in [0.1, 0.15) is 9.67 Å². The molecule has 3 heterocycles. The second kappa shape index (κ2) is 8.41. The number of halogens is 1. The zero-order valence-electron chi connectivity index (χ0n) is 13.1. The number of carbonyl (C=O) groups excluding carboxylic acids is 1. The number of carbonyl (C=O) groups is 1. The Morgan fingerprint density at radius 1 is 1.00 bits per heavy atom. The minimum absolute atomic E-state index is 0.137. The van der Waals surface area contributed by atoms with Gasteiger partial charge in [-0.15, -0.1) is 21.5 Å². The van der Waals surface area contributed by atoms with Gasteiger partial charge in [-0.3, -0.25) is 9.78 Å². The lowest BCUT2D eigenvalue weighted by Gasteiger charge is -2.08. The molecule has 0 unspecified atom stereocenters. The predicted molar refractivity (Wildman–Crippen MR) is 99.7 cm³/mol. The third-order valence-electron chi connectivity index (χ3n) is 3.13. The molecular weight excluding hydrogens is 360 g/mol. The topological polar surface area (TPSA) is 91.8 Å². The maximum absolute atomic E-state index is 11.9. The molecule has 3 aromatic rings. The summed E-state index contributed by atoms with van der Waals surface area (Å²) in [6.45, 7) is 1.00. The number of pyridine rings is 1. The first-order valence-electron chi connectivity index (χ1n) is 7.49. The van der Waals surface area contributed by atoms with E-state index in [1.54, 1.807) is 24.5 Å². The summed E-state index contributed by atoms with van der Waals surface area (Å²) >= 11 is 7.06. The van der Waals surface area contributed by atoms with E-state index in [4.69, 9.17) is 11.6 Å². The minimum atomic E-state index is -0.137. The molecule has 3 aromatic heterocycles. The lowest BCUT2D eigenvalue weighted by Crippen LogP contribution is -2.28. The van der Waals surface area contributed by atoms with Crippen molar-refractivity contribution >= 4 is 46.2 Å². The van der Waals surface area contributed by atoms with Gasteiger partial charge in [0, 0.05) is 31.2 Å². The van der Waals surface area contributed by atoms with Crippen LogP contribution in [0.3, 0.4) is 0 Å². The van der Waals surface area contributed by atoms with Crippen molar-refractivity contribution in [3.05, 3.63) is 58.0 Å². The number of nitrogens with one attached hydrogen (secondary N) is 3. The molecule has 0 radical (unpaired) electrons. The fourth-order valence-electron chi connectivity index (χ4n) is 1.97. The Morgan fingerprint density at radius 2 is 1.76 bits per heavy atom. The van der Waals surface area contributed by atoms with Crippen LogP contribution in [-0.2, 0) is 0 Å². The van der Waals surface area contributed by atoms with E-state index in [0.29, 0.717) is 33.9 Å². The van der Waals surface area contributed by atoms with Crippen LogP contribution in [-0.4, -0.2) is 34.2 Å². The van der Waals surface area contributed by atoms with E-state index in [1.165, 1.54) is 11.3 Å². The standard InChI is InChI=1S/C16H15ClN6OS/c17-13-2-1-12(25-13)16(24)20-10-9-19-14-3-4-15(23-22-14)21-11-5-7-18-8-6-11/h1-8H,9-10H2,(H,19,22)(H,20,24)(H,18,21,23). The van der Waals surface area contributed by atoms with Crippen molar-refractivity contribution in [3.8, 4) is 0 Å². The predicted octanol–water partition coefficient (Wildman–Crippen LogP) is 3.17. The van der Waals surface area contributed by atoms with Gasteiger partial charge < -0.3 is 16.0 Å². The molecule has 3 rings (SSSR count).